The van der Waals surface area contributed by atoms with E-state index in [1.54, 1.807) is 23.5 Å². The van der Waals surface area contributed by atoms with Crippen molar-refractivity contribution in [1.82, 2.24) is 0 Å². The topological polar surface area (TPSA) is 37.3 Å². The highest BCUT2D eigenvalue weighted by molar-refractivity contribution is 7.18. The first kappa shape index (κ1) is 15.4. The molecule has 0 saturated carbocycles. The molecular formula is C21H20O2S. The first-order valence-corrected chi connectivity index (χ1v) is 9.35. The van der Waals surface area contributed by atoms with Crippen LogP contribution in [-0.4, -0.2) is 5.11 Å². The fraction of sp³-hybridized carbons (Fsp3) is 0.286. The maximum Gasteiger partial charge on any atom is 0.191 e. The summed E-state index contributed by atoms with van der Waals surface area (Å²) in [4.78, 5) is 14.1. The molecule has 1 atom stereocenters. The lowest BCUT2D eigenvalue weighted by Crippen LogP contribution is -2.20. The molecule has 1 unspecified atom stereocenters. The first-order valence-electron chi connectivity index (χ1n) is 8.53. The van der Waals surface area contributed by atoms with Crippen molar-refractivity contribution in [3.8, 4) is 16.9 Å². The minimum Gasteiger partial charge on any atom is -0.508 e. The molecule has 122 valence electrons. The Balaban J connectivity index is 1.87. The van der Waals surface area contributed by atoms with Gasteiger partial charge in [-0.3, -0.25) is 4.79 Å². The van der Waals surface area contributed by atoms with Crippen LogP contribution >= 0.6 is 11.3 Å². The largest absolute Gasteiger partial charge is 0.508 e. The van der Waals surface area contributed by atoms with Crippen LogP contribution in [-0.2, 0) is 12.8 Å². The molecule has 4 rings (SSSR count). The Kier molecular flexibility index (Phi) is 3.89. The standard InChI is InChI=1S/C21H20O2S/c1-2-13-6-8-17-19(10-13)24-20-12-15(7-9-18(20)21(17)23)14-4-3-5-16(22)11-14/h3-5,7,9,11-13,22H,2,6,8,10H2,1H3. The monoisotopic (exact) mass is 336 g/mol. The SMILES string of the molecule is CCC1CCc2c(sc3cc(-c4cccc(O)c4)ccc3c2=O)C1. The van der Waals surface area contributed by atoms with E-state index >= 15 is 0 Å². The van der Waals surface area contributed by atoms with E-state index in [1.807, 2.05) is 24.3 Å². The number of phenolic OH excluding ortho intramolecular Hbond substituents is 1. The van der Waals surface area contributed by atoms with E-state index in [9.17, 15) is 9.90 Å². The van der Waals surface area contributed by atoms with Crippen LogP contribution in [0.5, 0.6) is 5.75 Å². The van der Waals surface area contributed by atoms with Crippen molar-refractivity contribution < 1.29 is 5.11 Å². The molecule has 2 nitrogen and oxygen atoms in total. The van der Waals surface area contributed by atoms with Crippen LogP contribution in [0.3, 0.4) is 0 Å². The minimum absolute atomic E-state index is 0.218. The predicted molar refractivity (Wildman–Crippen MR) is 101 cm³/mol. The third-order valence-corrected chi connectivity index (χ3v) is 6.32. The third kappa shape index (κ3) is 2.63. The summed E-state index contributed by atoms with van der Waals surface area (Å²) in [6, 6.07) is 13.3. The summed E-state index contributed by atoms with van der Waals surface area (Å²) in [6.45, 7) is 2.24. The summed E-state index contributed by atoms with van der Waals surface area (Å²) in [7, 11) is 0. The summed E-state index contributed by atoms with van der Waals surface area (Å²) in [6.07, 6.45) is 4.28. The molecular weight excluding hydrogens is 316 g/mol. The molecule has 0 spiro atoms. The average molecular weight is 336 g/mol. The van der Waals surface area contributed by atoms with Gasteiger partial charge in [0.2, 0.25) is 0 Å². The van der Waals surface area contributed by atoms with E-state index in [2.05, 4.69) is 13.0 Å². The number of fused-ring (bicyclic) bond motifs is 2. The van der Waals surface area contributed by atoms with Crippen LogP contribution < -0.4 is 5.43 Å². The number of hydrogen-bond donors (Lipinski definition) is 1. The third-order valence-electron chi connectivity index (χ3n) is 5.10. The quantitative estimate of drug-likeness (QED) is 0.703. The number of aromatic hydroxyl groups is 1. The van der Waals surface area contributed by atoms with Crippen molar-refractivity contribution in [2.75, 3.05) is 0 Å². The van der Waals surface area contributed by atoms with E-state index < -0.39 is 0 Å². The summed E-state index contributed by atoms with van der Waals surface area (Å²) in [5.41, 5.74) is 3.27. The molecule has 1 aliphatic carbocycles. The Labute approximate surface area is 145 Å². The van der Waals surface area contributed by atoms with Gasteiger partial charge in [0.15, 0.2) is 5.43 Å². The summed E-state index contributed by atoms with van der Waals surface area (Å²) < 4.78 is 1.05. The van der Waals surface area contributed by atoms with Gasteiger partial charge in [0, 0.05) is 20.5 Å². The molecule has 0 saturated heterocycles. The second kappa shape index (κ2) is 6.06. The summed E-state index contributed by atoms with van der Waals surface area (Å²) in [5.74, 6) is 0.969. The second-order valence-corrected chi connectivity index (χ2v) is 7.75. The normalized spacial score (nSPS) is 17.0. The molecule has 1 aliphatic rings. The van der Waals surface area contributed by atoms with Crippen molar-refractivity contribution in [3.63, 3.8) is 0 Å². The highest BCUT2D eigenvalue weighted by Crippen LogP contribution is 2.34. The van der Waals surface area contributed by atoms with Gasteiger partial charge in [-0.05, 0) is 60.6 Å². The molecule has 2 aromatic carbocycles. The molecule has 3 aromatic rings. The smallest absolute Gasteiger partial charge is 0.191 e. The lowest BCUT2D eigenvalue weighted by molar-refractivity contribution is 0.448. The zero-order valence-corrected chi connectivity index (χ0v) is 14.5. The molecule has 0 fully saturated rings. The fourth-order valence-electron chi connectivity index (χ4n) is 3.62. The zero-order valence-electron chi connectivity index (χ0n) is 13.7. The molecule has 0 radical (unpaired) electrons. The molecule has 3 heteroatoms. The van der Waals surface area contributed by atoms with Crippen molar-refractivity contribution in [2.24, 2.45) is 5.92 Å². The predicted octanol–water partition coefficient (Wildman–Crippen LogP) is 5.15. The summed E-state index contributed by atoms with van der Waals surface area (Å²) in [5, 5.41) is 10.5. The van der Waals surface area contributed by atoms with Crippen molar-refractivity contribution in [3.05, 3.63) is 63.1 Å². The maximum absolute atomic E-state index is 12.8. The van der Waals surface area contributed by atoms with Gasteiger partial charge in [-0.2, -0.15) is 0 Å². The highest BCUT2D eigenvalue weighted by atomic mass is 32.1. The van der Waals surface area contributed by atoms with E-state index in [0.29, 0.717) is 5.92 Å². The molecule has 24 heavy (non-hydrogen) atoms. The fourth-order valence-corrected chi connectivity index (χ4v) is 4.98. The lowest BCUT2D eigenvalue weighted by Gasteiger charge is -2.22. The minimum atomic E-state index is 0.218. The Morgan fingerprint density at radius 3 is 2.79 bits per heavy atom. The van der Waals surface area contributed by atoms with Crippen LogP contribution in [0.2, 0.25) is 0 Å². The van der Waals surface area contributed by atoms with E-state index in [1.165, 1.54) is 11.3 Å². The van der Waals surface area contributed by atoms with Gasteiger partial charge in [-0.25, -0.2) is 0 Å². The van der Waals surface area contributed by atoms with Crippen molar-refractivity contribution >= 4 is 21.4 Å². The molecule has 0 bridgehead atoms. The van der Waals surface area contributed by atoms with E-state index in [-0.39, 0.29) is 11.2 Å². The summed E-state index contributed by atoms with van der Waals surface area (Å²) >= 11 is 1.77. The number of benzene rings is 2. The number of phenols is 1. The van der Waals surface area contributed by atoms with Gasteiger partial charge in [-0.15, -0.1) is 11.3 Å². The van der Waals surface area contributed by atoms with Gasteiger partial charge < -0.3 is 5.11 Å². The van der Waals surface area contributed by atoms with Gasteiger partial charge in [0.05, 0.1) is 0 Å². The van der Waals surface area contributed by atoms with E-state index in [0.717, 1.165) is 46.0 Å². The van der Waals surface area contributed by atoms with Gasteiger partial charge in [0.1, 0.15) is 5.75 Å². The average Bonchev–Trinajstić information content (AvgIpc) is 2.61. The van der Waals surface area contributed by atoms with Crippen LogP contribution in [0.15, 0.2) is 47.3 Å². The van der Waals surface area contributed by atoms with Gasteiger partial charge in [0.25, 0.3) is 0 Å². The van der Waals surface area contributed by atoms with Crippen LogP contribution in [0.1, 0.15) is 30.2 Å². The van der Waals surface area contributed by atoms with Crippen molar-refractivity contribution in [2.45, 2.75) is 32.6 Å². The second-order valence-electron chi connectivity index (χ2n) is 6.61. The molecule has 1 heterocycles. The Bertz CT molecular complexity index is 971. The Morgan fingerprint density at radius 1 is 1.17 bits per heavy atom. The Hall–Kier alpha value is -2.13. The Morgan fingerprint density at radius 2 is 2.00 bits per heavy atom. The highest BCUT2D eigenvalue weighted by Gasteiger charge is 2.21. The van der Waals surface area contributed by atoms with Crippen LogP contribution in [0.25, 0.3) is 21.2 Å². The van der Waals surface area contributed by atoms with Gasteiger partial charge in [-0.1, -0.05) is 31.5 Å². The lowest BCUT2D eigenvalue weighted by atomic mass is 9.86. The zero-order chi connectivity index (χ0) is 16.7. The van der Waals surface area contributed by atoms with E-state index in [4.69, 9.17) is 0 Å². The number of rotatable bonds is 2. The van der Waals surface area contributed by atoms with Crippen LogP contribution in [0, 0.1) is 5.92 Å². The molecule has 1 N–H and O–H groups in total. The number of hydrogen-bond acceptors (Lipinski definition) is 3. The van der Waals surface area contributed by atoms with Crippen LogP contribution in [0.4, 0.5) is 0 Å². The molecule has 0 aliphatic heterocycles. The first-order chi connectivity index (χ1) is 11.7. The van der Waals surface area contributed by atoms with Crippen molar-refractivity contribution in [1.29, 1.82) is 0 Å². The molecule has 1 aromatic heterocycles. The molecule has 0 amide bonds. The maximum atomic E-state index is 12.8. The van der Waals surface area contributed by atoms with Gasteiger partial charge >= 0.3 is 0 Å².